The molecule has 6 aromatic rings. The summed E-state index contributed by atoms with van der Waals surface area (Å²) in [6, 6.07) is 47.4. The van der Waals surface area contributed by atoms with Gasteiger partial charge in [0.2, 0.25) is 0 Å². The summed E-state index contributed by atoms with van der Waals surface area (Å²) in [7, 11) is -1.89. The van der Waals surface area contributed by atoms with Crippen LogP contribution in [0.15, 0.2) is 133 Å². The summed E-state index contributed by atoms with van der Waals surface area (Å²) in [6.07, 6.45) is 1.91. The molecule has 2 heterocycles. The first-order valence-corrected chi connectivity index (χ1v) is 20.1. The lowest BCUT2D eigenvalue weighted by Gasteiger charge is -2.37. The highest BCUT2D eigenvalue weighted by atomic mass is 28.4. The minimum Gasteiger partial charge on any atom is -0.413 e. The molecule has 5 aromatic carbocycles. The lowest BCUT2D eigenvalue weighted by Crippen LogP contribution is -2.40. The summed E-state index contributed by atoms with van der Waals surface area (Å²) < 4.78 is 8.69. The van der Waals surface area contributed by atoms with Gasteiger partial charge in [0.1, 0.15) is 5.54 Å². The van der Waals surface area contributed by atoms with E-state index in [1.807, 2.05) is 4.68 Å². The molecule has 248 valence electrons. The fraction of sp³-hybridized carbons (Fsp3) is 0.262. The maximum atomic E-state index is 6.65. The molecule has 0 saturated heterocycles. The molecule has 7 heteroatoms. The number of tetrazole rings is 1. The number of anilines is 2. The fourth-order valence-electron chi connectivity index (χ4n) is 6.84. The Morgan fingerprint density at radius 3 is 1.78 bits per heavy atom. The molecule has 0 N–H and O–H groups in total. The number of nitrogens with zero attached hydrogens (tertiary/aromatic N) is 5. The van der Waals surface area contributed by atoms with Gasteiger partial charge in [-0.1, -0.05) is 142 Å². The van der Waals surface area contributed by atoms with Gasteiger partial charge in [-0.2, -0.15) is 0 Å². The second-order valence-electron chi connectivity index (χ2n) is 14.5. The fourth-order valence-corrected chi connectivity index (χ4v) is 7.80. The second kappa shape index (κ2) is 13.2. The van der Waals surface area contributed by atoms with E-state index in [-0.39, 0.29) is 5.04 Å². The van der Waals surface area contributed by atoms with Gasteiger partial charge in [0, 0.05) is 11.4 Å². The van der Waals surface area contributed by atoms with Crippen molar-refractivity contribution < 1.29 is 4.43 Å². The van der Waals surface area contributed by atoms with Crippen molar-refractivity contribution in [2.75, 3.05) is 4.90 Å². The monoisotopic (exact) mass is 663 g/mol. The van der Waals surface area contributed by atoms with Gasteiger partial charge >= 0.3 is 0 Å². The van der Waals surface area contributed by atoms with Crippen LogP contribution in [0.3, 0.4) is 0 Å². The average Bonchev–Trinajstić information content (AvgIpc) is 3.52. The van der Waals surface area contributed by atoms with Crippen molar-refractivity contribution in [1.29, 1.82) is 0 Å². The number of aromatic nitrogens is 4. The zero-order chi connectivity index (χ0) is 34.1. The first-order valence-electron chi connectivity index (χ1n) is 17.2. The van der Waals surface area contributed by atoms with Crippen LogP contribution < -0.4 is 4.90 Å². The third-order valence-corrected chi connectivity index (χ3v) is 15.0. The Bertz CT molecular complexity index is 1920. The molecule has 0 bridgehead atoms. The van der Waals surface area contributed by atoms with Crippen LogP contribution in [0.1, 0.15) is 60.0 Å². The van der Waals surface area contributed by atoms with Crippen LogP contribution in [0.5, 0.6) is 0 Å². The number of rotatable bonds is 9. The third kappa shape index (κ3) is 6.13. The Balaban J connectivity index is 1.35. The number of hydrogen-bond donors (Lipinski definition) is 0. The Labute approximate surface area is 291 Å². The van der Waals surface area contributed by atoms with E-state index < -0.39 is 13.9 Å². The van der Waals surface area contributed by atoms with E-state index in [1.54, 1.807) is 0 Å². The molecular weight excluding hydrogens is 619 g/mol. The van der Waals surface area contributed by atoms with Crippen molar-refractivity contribution >= 4 is 19.7 Å². The summed E-state index contributed by atoms with van der Waals surface area (Å²) >= 11 is 0. The molecule has 0 radical (unpaired) electrons. The minimum atomic E-state index is -1.89. The Morgan fingerprint density at radius 2 is 1.18 bits per heavy atom. The van der Waals surface area contributed by atoms with Gasteiger partial charge < -0.3 is 9.33 Å². The summed E-state index contributed by atoms with van der Waals surface area (Å²) in [4.78, 5) is 2.41. The summed E-state index contributed by atoms with van der Waals surface area (Å²) in [5, 5.41) is 14.1. The van der Waals surface area contributed by atoms with E-state index in [2.05, 4.69) is 177 Å². The molecule has 0 spiro atoms. The standard InChI is InChI=1S/C42H45N5OSi/c1-41(2,3)49(4,5)48-31-32-25-28-39-34(29-32)27-26-33-17-15-16-24-38(33)46(39)30-40-43-44-45-47(40)42(35-18-9-6-10-19-35,36-20-11-7-12-21-36)37-22-13-8-14-23-37/h6-25,28-29H,26-27,30-31H2,1-5H3. The van der Waals surface area contributed by atoms with Crippen LogP contribution in [0.4, 0.5) is 11.4 Å². The summed E-state index contributed by atoms with van der Waals surface area (Å²) in [5.41, 5.74) is 8.67. The zero-order valence-corrected chi connectivity index (χ0v) is 30.2. The minimum absolute atomic E-state index is 0.162. The molecule has 0 amide bonds. The molecule has 6 nitrogen and oxygen atoms in total. The lowest BCUT2D eigenvalue weighted by molar-refractivity contribution is 0.276. The second-order valence-corrected chi connectivity index (χ2v) is 19.4. The van der Waals surface area contributed by atoms with Crippen molar-refractivity contribution in [3.8, 4) is 0 Å². The van der Waals surface area contributed by atoms with Crippen LogP contribution >= 0.6 is 0 Å². The Hall–Kier alpha value is -4.85. The highest BCUT2D eigenvalue weighted by Gasteiger charge is 2.42. The largest absolute Gasteiger partial charge is 0.413 e. The van der Waals surface area contributed by atoms with Crippen molar-refractivity contribution in [3.63, 3.8) is 0 Å². The zero-order valence-electron chi connectivity index (χ0n) is 29.2. The van der Waals surface area contributed by atoms with E-state index in [9.17, 15) is 0 Å². The van der Waals surface area contributed by atoms with E-state index in [1.165, 1.54) is 28.1 Å². The molecule has 49 heavy (non-hydrogen) atoms. The normalized spacial score (nSPS) is 13.4. The van der Waals surface area contributed by atoms with Crippen LogP contribution in [0.2, 0.25) is 18.1 Å². The lowest BCUT2D eigenvalue weighted by atomic mass is 9.77. The maximum absolute atomic E-state index is 6.65. The molecule has 1 aliphatic heterocycles. The average molecular weight is 664 g/mol. The van der Waals surface area contributed by atoms with Crippen LogP contribution in [-0.2, 0) is 36.0 Å². The topological polar surface area (TPSA) is 56.1 Å². The van der Waals surface area contributed by atoms with Gasteiger partial charge in [-0.05, 0) is 86.9 Å². The van der Waals surface area contributed by atoms with Gasteiger partial charge in [-0.3, -0.25) is 0 Å². The number of hydrogen-bond acceptors (Lipinski definition) is 5. The van der Waals surface area contributed by atoms with Crippen molar-refractivity contribution in [2.24, 2.45) is 0 Å². The van der Waals surface area contributed by atoms with Crippen LogP contribution in [-0.4, -0.2) is 28.5 Å². The molecule has 1 aromatic heterocycles. The molecule has 0 aliphatic carbocycles. The predicted molar refractivity (Wildman–Crippen MR) is 201 cm³/mol. The predicted octanol–water partition coefficient (Wildman–Crippen LogP) is 9.47. The summed E-state index contributed by atoms with van der Waals surface area (Å²) in [5.74, 6) is 0.768. The molecule has 7 rings (SSSR count). The van der Waals surface area contributed by atoms with E-state index >= 15 is 0 Å². The van der Waals surface area contributed by atoms with Crippen molar-refractivity contribution in [2.45, 2.75) is 70.4 Å². The molecule has 1 aliphatic rings. The van der Waals surface area contributed by atoms with Gasteiger partial charge in [0.15, 0.2) is 14.1 Å². The van der Waals surface area contributed by atoms with Gasteiger partial charge in [-0.25, -0.2) is 4.68 Å². The number of para-hydroxylation sites is 1. The van der Waals surface area contributed by atoms with Gasteiger partial charge in [0.25, 0.3) is 0 Å². The highest BCUT2D eigenvalue weighted by Crippen LogP contribution is 2.43. The highest BCUT2D eigenvalue weighted by molar-refractivity contribution is 6.74. The molecule has 0 unspecified atom stereocenters. The summed E-state index contributed by atoms with van der Waals surface area (Å²) in [6.45, 7) is 12.6. The Kier molecular flexibility index (Phi) is 8.82. The molecule has 0 atom stereocenters. The van der Waals surface area contributed by atoms with Crippen molar-refractivity contribution in [1.82, 2.24) is 20.2 Å². The van der Waals surface area contributed by atoms with Gasteiger partial charge in [-0.15, -0.1) is 5.10 Å². The number of benzene rings is 5. The molecular formula is C42H45N5OSi. The van der Waals surface area contributed by atoms with Crippen molar-refractivity contribution in [3.05, 3.63) is 173 Å². The number of fused-ring (bicyclic) bond motifs is 2. The van der Waals surface area contributed by atoms with E-state index in [0.717, 1.165) is 35.4 Å². The molecule has 0 saturated carbocycles. The first kappa shape index (κ1) is 32.7. The Morgan fingerprint density at radius 1 is 0.653 bits per heavy atom. The van der Waals surface area contributed by atoms with Crippen LogP contribution in [0.25, 0.3) is 0 Å². The quantitative estimate of drug-likeness (QED) is 0.114. The SMILES string of the molecule is CC(C)(C)[Si](C)(C)OCc1ccc2c(c1)CCc1ccccc1N2Cc1nnnn1C(c1ccccc1)(c1ccccc1)c1ccccc1. The van der Waals surface area contributed by atoms with Gasteiger partial charge in [0.05, 0.1) is 13.2 Å². The maximum Gasteiger partial charge on any atom is 0.192 e. The van der Waals surface area contributed by atoms with E-state index in [4.69, 9.17) is 14.7 Å². The third-order valence-electron chi connectivity index (χ3n) is 10.5. The number of aryl methyl sites for hydroxylation is 2. The molecule has 0 fully saturated rings. The van der Waals surface area contributed by atoms with Crippen LogP contribution in [0, 0.1) is 0 Å². The van der Waals surface area contributed by atoms with E-state index in [0.29, 0.717) is 13.2 Å². The smallest absolute Gasteiger partial charge is 0.192 e. The first-order chi connectivity index (χ1) is 23.7.